The van der Waals surface area contributed by atoms with Crippen LogP contribution in [-0.2, 0) is 17.8 Å². The van der Waals surface area contributed by atoms with Crippen molar-refractivity contribution in [3.8, 4) is 0 Å². The van der Waals surface area contributed by atoms with Gasteiger partial charge in [-0.2, -0.15) is 0 Å². The van der Waals surface area contributed by atoms with Gasteiger partial charge in [0.05, 0.1) is 6.54 Å². The van der Waals surface area contributed by atoms with E-state index in [0.29, 0.717) is 19.5 Å². The largest absolute Gasteiger partial charge is 0.298 e. The molecule has 0 spiro atoms. The van der Waals surface area contributed by atoms with Gasteiger partial charge in [0, 0.05) is 25.4 Å². The average Bonchev–Trinajstić information content (AvgIpc) is 2.42. The minimum Gasteiger partial charge on any atom is -0.298 e. The molecule has 104 valence electrons. The van der Waals surface area contributed by atoms with Gasteiger partial charge in [0.25, 0.3) is 0 Å². The third-order valence-electron chi connectivity index (χ3n) is 2.96. The molecule has 0 aliphatic rings. The van der Waals surface area contributed by atoms with Crippen molar-refractivity contribution in [3.63, 3.8) is 0 Å². The first-order valence-corrected chi connectivity index (χ1v) is 6.47. The molecule has 0 N–H and O–H groups in total. The van der Waals surface area contributed by atoms with Crippen molar-refractivity contribution in [2.75, 3.05) is 13.6 Å². The third-order valence-corrected chi connectivity index (χ3v) is 2.96. The summed E-state index contributed by atoms with van der Waals surface area (Å²) >= 11 is 0. The Morgan fingerprint density at radius 1 is 1.10 bits per heavy atom. The lowest BCUT2D eigenvalue weighted by atomic mass is 10.1. The number of hydrogen-bond donors (Lipinski definition) is 0. The van der Waals surface area contributed by atoms with Crippen molar-refractivity contribution >= 4 is 5.78 Å². The van der Waals surface area contributed by atoms with E-state index in [9.17, 15) is 9.18 Å². The number of hydrogen-bond acceptors (Lipinski definition) is 3. The molecule has 0 fully saturated rings. The van der Waals surface area contributed by atoms with Crippen LogP contribution in [0, 0.1) is 5.82 Å². The first-order valence-electron chi connectivity index (χ1n) is 6.47. The molecule has 0 amide bonds. The first-order chi connectivity index (χ1) is 9.63. The standard InChI is InChI=1S/C16H17FN2O/c1-19(11-14-6-8-18-9-7-14)12-16(20)10-13-2-4-15(17)5-3-13/h2-9H,10-12H2,1H3. The molecule has 0 aliphatic heterocycles. The maximum atomic E-state index is 12.8. The highest BCUT2D eigenvalue weighted by molar-refractivity contribution is 5.82. The van der Waals surface area contributed by atoms with Gasteiger partial charge in [0.2, 0.25) is 0 Å². The van der Waals surface area contributed by atoms with E-state index in [1.807, 2.05) is 24.1 Å². The monoisotopic (exact) mass is 272 g/mol. The zero-order valence-corrected chi connectivity index (χ0v) is 11.4. The van der Waals surface area contributed by atoms with E-state index in [-0.39, 0.29) is 11.6 Å². The highest BCUT2D eigenvalue weighted by Crippen LogP contribution is 2.06. The fourth-order valence-corrected chi connectivity index (χ4v) is 2.04. The molecule has 0 radical (unpaired) electrons. The van der Waals surface area contributed by atoms with E-state index in [2.05, 4.69) is 4.98 Å². The zero-order valence-electron chi connectivity index (χ0n) is 11.4. The molecule has 0 bridgehead atoms. The molecular formula is C16H17FN2O. The SMILES string of the molecule is CN(CC(=O)Cc1ccc(F)cc1)Cc1ccncc1. The fourth-order valence-electron chi connectivity index (χ4n) is 2.04. The molecule has 0 saturated carbocycles. The highest BCUT2D eigenvalue weighted by Gasteiger charge is 2.08. The summed E-state index contributed by atoms with van der Waals surface area (Å²) in [5, 5.41) is 0. The second kappa shape index (κ2) is 6.91. The normalized spacial score (nSPS) is 10.8. The van der Waals surface area contributed by atoms with E-state index >= 15 is 0 Å². The van der Waals surface area contributed by atoms with E-state index in [1.54, 1.807) is 24.5 Å². The van der Waals surface area contributed by atoms with Crippen molar-refractivity contribution in [1.82, 2.24) is 9.88 Å². The van der Waals surface area contributed by atoms with Gasteiger partial charge in [-0.25, -0.2) is 4.39 Å². The predicted octanol–water partition coefficient (Wildman–Crippen LogP) is 2.46. The van der Waals surface area contributed by atoms with Crippen LogP contribution in [0.4, 0.5) is 4.39 Å². The van der Waals surface area contributed by atoms with Gasteiger partial charge in [0.15, 0.2) is 5.78 Å². The first kappa shape index (κ1) is 14.3. The topological polar surface area (TPSA) is 33.2 Å². The molecule has 2 rings (SSSR count). The lowest BCUT2D eigenvalue weighted by Gasteiger charge is -2.15. The second-order valence-electron chi connectivity index (χ2n) is 4.87. The van der Waals surface area contributed by atoms with Crippen LogP contribution in [0.2, 0.25) is 0 Å². The van der Waals surface area contributed by atoms with Crippen LogP contribution < -0.4 is 0 Å². The number of Topliss-reactive ketones (excluding diaryl/α,β-unsaturated/α-hetero) is 1. The van der Waals surface area contributed by atoms with Crippen LogP contribution in [0.15, 0.2) is 48.8 Å². The minimum absolute atomic E-state index is 0.119. The summed E-state index contributed by atoms with van der Waals surface area (Å²) in [7, 11) is 1.91. The Labute approximate surface area is 118 Å². The van der Waals surface area contributed by atoms with Crippen LogP contribution >= 0.6 is 0 Å². The Kier molecular flexibility index (Phi) is 4.96. The number of carbonyl (C=O) groups is 1. The molecule has 1 aromatic heterocycles. The summed E-state index contributed by atoms with van der Waals surface area (Å²) in [6, 6.07) is 9.92. The zero-order chi connectivity index (χ0) is 14.4. The molecule has 0 atom stereocenters. The fraction of sp³-hybridized carbons (Fsp3) is 0.250. The van der Waals surface area contributed by atoms with E-state index in [4.69, 9.17) is 0 Å². The summed E-state index contributed by atoms with van der Waals surface area (Å²) in [6.45, 7) is 1.08. The number of likely N-dealkylation sites (N-methyl/N-ethyl adjacent to an activating group) is 1. The summed E-state index contributed by atoms with van der Waals surface area (Å²) in [5.74, 6) is -0.163. The molecular weight excluding hydrogens is 255 g/mol. The second-order valence-corrected chi connectivity index (χ2v) is 4.87. The Morgan fingerprint density at radius 3 is 2.40 bits per heavy atom. The number of carbonyl (C=O) groups excluding carboxylic acids is 1. The van der Waals surface area contributed by atoms with Crippen molar-refractivity contribution < 1.29 is 9.18 Å². The molecule has 2 aromatic rings. The van der Waals surface area contributed by atoms with E-state index < -0.39 is 0 Å². The summed E-state index contributed by atoms with van der Waals surface area (Å²) in [4.78, 5) is 17.9. The molecule has 0 saturated heterocycles. The van der Waals surface area contributed by atoms with E-state index in [1.165, 1.54) is 12.1 Å². The number of benzene rings is 1. The number of rotatable bonds is 6. The summed E-state index contributed by atoms with van der Waals surface area (Å²) < 4.78 is 12.8. The van der Waals surface area contributed by atoms with Crippen molar-refractivity contribution in [3.05, 3.63) is 65.7 Å². The van der Waals surface area contributed by atoms with E-state index in [0.717, 1.165) is 11.1 Å². The molecule has 0 unspecified atom stereocenters. The lowest BCUT2D eigenvalue weighted by Crippen LogP contribution is -2.26. The van der Waals surface area contributed by atoms with Gasteiger partial charge in [-0.15, -0.1) is 0 Å². The molecule has 20 heavy (non-hydrogen) atoms. The van der Waals surface area contributed by atoms with Gasteiger partial charge in [-0.05, 0) is 42.4 Å². The smallest absolute Gasteiger partial charge is 0.151 e. The number of aromatic nitrogens is 1. The minimum atomic E-state index is -0.281. The number of pyridine rings is 1. The molecule has 3 nitrogen and oxygen atoms in total. The van der Waals surface area contributed by atoms with Crippen LogP contribution in [-0.4, -0.2) is 29.3 Å². The molecule has 1 aromatic carbocycles. The van der Waals surface area contributed by atoms with Crippen LogP contribution in [0.1, 0.15) is 11.1 Å². The lowest BCUT2D eigenvalue weighted by molar-refractivity contribution is -0.119. The van der Waals surface area contributed by atoms with Gasteiger partial charge < -0.3 is 0 Å². The van der Waals surface area contributed by atoms with Crippen molar-refractivity contribution in [2.45, 2.75) is 13.0 Å². The van der Waals surface area contributed by atoms with Gasteiger partial charge >= 0.3 is 0 Å². The Balaban J connectivity index is 1.83. The molecule has 4 heteroatoms. The van der Waals surface area contributed by atoms with Gasteiger partial charge in [-0.3, -0.25) is 14.7 Å². The number of ketones is 1. The quantitative estimate of drug-likeness (QED) is 0.810. The molecule has 0 aliphatic carbocycles. The summed E-state index contributed by atoms with van der Waals surface area (Å²) in [5.41, 5.74) is 1.96. The maximum Gasteiger partial charge on any atom is 0.151 e. The number of halogens is 1. The predicted molar refractivity (Wildman–Crippen MR) is 75.7 cm³/mol. The van der Waals surface area contributed by atoms with Crippen molar-refractivity contribution in [1.29, 1.82) is 0 Å². The molecule has 1 heterocycles. The third kappa shape index (κ3) is 4.55. The number of nitrogens with zero attached hydrogens (tertiary/aromatic N) is 2. The summed E-state index contributed by atoms with van der Waals surface area (Å²) in [6.07, 6.45) is 3.81. The average molecular weight is 272 g/mol. The highest BCUT2D eigenvalue weighted by atomic mass is 19.1. The Morgan fingerprint density at radius 2 is 1.75 bits per heavy atom. The maximum absolute atomic E-state index is 12.8. The Bertz CT molecular complexity index is 554. The van der Waals surface area contributed by atoms with Crippen LogP contribution in [0.25, 0.3) is 0 Å². The van der Waals surface area contributed by atoms with Gasteiger partial charge in [-0.1, -0.05) is 12.1 Å². The van der Waals surface area contributed by atoms with Crippen LogP contribution in [0.5, 0.6) is 0 Å². The Hall–Kier alpha value is -2.07. The van der Waals surface area contributed by atoms with Crippen molar-refractivity contribution in [2.24, 2.45) is 0 Å². The van der Waals surface area contributed by atoms with Gasteiger partial charge in [0.1, 0.15) is 5.82 Å². The van der Waals surface area contributed by atoms with Crippen LogP contribution in [0.3, 0.4) is 0 Å².